The summed E-state index contributed by atoms with van der Waals surface area (Å²) in [7, 11) is 0. The van der Waals surface area contributed by atoms with Crippen molar-refractivity contribution in [3.8, 4) is 0 Å². The number of benzene rings is 1. The molecule has 0 aliphatic heterocycles. The van der Waals surface area contributed by atoms with Crippen LogP contribution in [0.3, 0.4) is 0 Å². The standard InChI is InChI=1S/C15H6BrClN4O3S/c16-8-5-11-13(18-6-8)20-14(22)12(25-15(20)19-11)4-7-3-9(21(23)24)1-2-10(7)17/h1-6H. The second-order valence-corrected chi connectivity index (χ2v) is 7.44. The number of aromatic nitrogens is 3. The van der Waals surface area contributed by atoms with Crippen molar-refractivity contribution in [2.45, 2.75) is 0 Å². The van der Waals surface area contributed by atoms with Crippen LogP contribution in [0.2, 0.25) is 5.02 Å². The zero-order valence-electron chi connectivity index (χ0n) is 12.1. The van der Waals surface area contributed by atoms with Gasteiger partial charge in [-0.05, 0) is 34.1 Å². The molecule has 0 fully saturated rings. The topological polar surface area (TPSA) is 90.4 Å². The van der Waals surface area contributed by atoms with Crippen molar-refractivity contribution in [2.24, 2.45) is 0 Å². The Balaban J connectivity index is 1.97. The van der Waals surface area contributed by atoms with Gasteiger partial charge < -0.3 is 0 Å². The predicted octanol–water partition coefficient (Wildman–Crippen LogP) is 3.18. The molecule has 0 saturated heterocycles. The molecule has 0 bridgehead atoms. The molecule has 0 atom stereocenters. The Morgan fingerprint density at radius 3 is 2.92 bits per heavy atom. The van der Waals surface area contributed by atoms with E-state index in [9.17, 15) is 14.9 Å². The molecule has 0 aliphatic carbocycles. The minimum Gasteiger partial charge on any atom is -0.267 e. The molecule has 3 aromatic heterocycles. The van der Waals surface area contributed by atoms with Crippen LogP contribution in [0.15, 0.2) is 39.7 Å². The summed E-state index contributed by atoms with van der Waals surface area (Å²) >= 11 is 10.6. The average molecular weight is 438 g/mol. The van der Waals surface area contributed by atoms with Gasteiger partial charge in [-0.1, -0.05) is 22.9 Å². The van der Waals surface area contributed by atoms with Crippen LogP contribution in [0.1, 0.15) is 5.56 Å². The normalized spacial score (nSPS) is 12.3. The highest BCUT2D eigenvalue weighted by molar-refractivity contribution is 9.10. The lowest BCUT2D eigenvalue weighted by molar-refractivity contribution is -0.384. The van der Waals surface area contributed by atoms with E-state index in [2.05, 4.69) is 25.9 Å². The van der Waals surface area contributed by atoms with Gasteiger partial charge in [-0.3, -0.25) is 14.9 Å². The highest BCUT2D eigenvalue weighted by Gasteiger charge is 2.14. The maximum atomic E-state index is 12.7. The van der Waals surface area contributed by atoms with Gasteiger partial charge in [0.1, 0.15) is 5.52 Å². The van der Waals surface area contributed by atoms with Gasteiger partial charge in [0.05, 0.1) is 9.46 Å². The zero-order chi connectivity index (χ0) is 17.7. The molecule has 10 heteroatoms. The average Bonchev–Trinajstić information content (AvgIpc) is 3.05. The van der Waals surface area contributed by atoms with Crippen LogP contribution in [0, 0.1) is 10.1 Å². The van der Waals surface area contributed by atoms with E-state index in [1.165, 1.54) is 40.0 Å². The Kier molecular flexibility index (Phi) is 3.78. The number of halogens is 2. The number of hydrogen-bond acceptors (Lipinski definition) is 6. The van der Waals surface area contributed by atoms with Crippen LogP contribution < -0.4 is 10.1 Å². The first-order valence-electron chi connectivity index (χ1n) is 6.86. The maximum Gasteiger partial charge on any atom is 0.276 e. The van der Waals surface area contributed by atoms with Crippen LogP contribution in [0.5, 0.6) is 0 Å². The second-order valence-electron chi connectivity index (χ2n) is 5.10. The Morgan fingerprint density at radius 1 is 1.36 bits per heavy atom. The number of fused-ring (bicyclic) bond motifs is 3. The fourth-order valence-electron chi connectivity index (χ4n) is 2.41. The van der Waals surface area contributed by atoms with E-state index in [1.54, 1.807) is 12.3 Å². The molecule has 124 valence electrons. The number of nitro benzene ring substituents is 1. The molecular formula is C15H6BrClN4O3S. The van der Waals surface area contributed by atoms with Crippen molar-refractivity contribution in [2.75, 3.05) is 0 Å². The minimum absolute atomic E-state index is 0.0959. The monoisotopic (exact) mass is 436 g/mol. The van der Waals surface area contributed by atoms with E-state index < -0.39 is 4.92 Å². The van der Waals surface area contributed by atoms with Gasteiger partial charge in [0.15, 0.2) is 10.6 Å². The van der Waals surface area contributed by atoms with Gasteiger partial charge in [0.2, 0.25) is 0 Å². The summed E-state index contributed by atoms with van der Waals surface area (Å²) < 4.78 is 2.56. The van der Waals surface area contributed by atoms with Crippen molar-refractivity contribution >= 4 is 66.8 Å². The number of rotatable bonds is 2. The maximum absolute atomic E-state index is 12.7. The van der Waals surface area contributed by atoms with Crippen molar-refractivity contribution in [1.29, 1.82) is 0 Å². The van der Waals surface area contributed by atoms with E-state index in [4.69, 9.17) is 11.6 Å². The first-order valence-corrected chi connectivity index (χ1v) is 8.85. The predicted molar refractivity (Wildman–Crippen MR) is 99.2 cm³/mol. The first-order chi connectivity index (χ1) is 11.9. The SMILES string of the molecule is O=c1c(=Cc2cc([N+](=O)[O-])ccc2Cl)sc2nc3cc(Br)cnc3n12. The van der Waals surface area contributed by atoms with Gasteiger partial charge >= 0.3 is 0 Å². The summed E-state index contributed by atoms with van der Waals surface area (Å²) in [6, 6.07) is 5.86. The smallest absolute Gasteiger partial charge is 0.267 e. The van der Waals surface area contributed by atoms with Crippen LogP contribution in [-0.4, -0.2) is 19.3 Å². The molecule has 25 heavy (non-hydrogen) atoms. The molecule has 4 aromatic rings. The molecule has 0 spiro atoms. The van der Waals surface area contributed by atoms with E-state index in [-0.39, 0.29) is 11.2 Å². The summed E-state index contributed by atoms with van der Waals surface area (Å²) in [5.41, 5.74) is 1.08. The molecule has 0 aliphatic rings. The fourth-order valence-corrected chi connectivity index (χ4v) is 3.87. The number of thiazole rings is 1. The Hall–Kier alpha value is -2.36. The van der Waals surface area contributed by atoms with Gasteiger partial charge in [-0.2, -0.15) is 0 Å². The molecule has 0 amide bonds. The van der Waals surface area contributed by atoms with Crippen LogP contribution >= 0.6 is 38.9 Å². The molecule has 0 N–H and O–H groups in total. The molecule has 0 saturated carbocycles. The summed E-state index contributed by atoms with van der Waals surface area (Å²) in [4.78, 5) is 32.2. The summed E-state index contributed by atoms with van der Waals surface area (Å²) in [5.74, 6) is 0. The lowest BCUT2D eigenvalue weighted by Gasteiger charge is -1.97. The molecule has 0 radical (unpaired) electrons. The second kappa shape index (κ2) is 5.87. The molecule has 1 aromatic carbocycles. The summed E-state index contributed by atoms with van der Waals surface area (Å²) in [5, 5.41) is 11.2. The van der Waals surface area contributed by atoms with E-state index in [0.717, 1.165) is 4.47 Å². The Morgan fingerprint density at radius 2 is 2.16 bits per heavy atom. The number of non-ortho nitro benzene ring substituents is 1. The lowest BCUT2D eigenvalue weighted by Crippen LogP contribution is -2.23. The van der Waals surface area contributed by atoms with E-state index >= 15 is 0 Å². The van der Waals surface area contributed by atoms with Crippen molar-refractivity contribution in [1.82, 2.24) is 14.4 Å². The largest absolute Gasteiger partial charge is 0.276 e. The third kappa shape index (κ3) is 2.70. The number of nitrogens with zero attached hydrogens (tertiary/aromatic N) is 4. The van der Waals surface area contributed by atoms with E-state index in [0.29, 0.717) is 31.2 Å². The zero-order valence-corrected chi connectivity index (χ0v) is 15.3. The van der Waals surface area contributed by atoms with Crippen LogP contribution in [0.4, 0.5) is 5.69 Å². The number of nitro groups is 1. The van der Waals surface area contributed by atoms with Gasteiger partial charge in [0.25, 0.3) is 11.2 Å². The Bertz CT molecular complexity index is 1280. The van der Waals surface area contributed by atoms with Crippen molar-refractivity contribution < 1.29 is 4.92 Å². The third-order valence-electron chi connectivity index (χ3n) is 3.53. The highest BCUT2D eigenvalue weighted by atomic mass is 79.9. The molecule has 3 heterocycles. The molecule has 4 rings (SSSR count). The summed E-state index contributed by atoms with van der Waals surface area (Å²) in [6.07, 6.45) is 3.12. The van der Waals surface area contributed by atoms with Crippen molar-refractivity contribution in [3.05, 3.63) is 70.5 Å². The number of hydrogen-bond donors (Lipinski definition) is 0. The van der Waals surface area contributed by atoms with Crippen LogP contribution in [-0.2, 0) is 0 Å². The lowest BCUT2D eigenvalue weighted by atomic mass is 10.2. The first kappa shape index (κ1) is 16.1. The molecule has 0 unspecified atom stereocenters. The minimum atomic E-state index is -0.512. The van der Waals surface area contributed by atoms with Crippen LogP contribution in [0.25, 0.3) is 22.2 Å². The highest BCUT2D eigenvalue weighted by Crippen LogP contribution is 2.23. The number of imidazole rings is 1. The quantitative estimate of drug-likeness (QED) is 0.355. The third-order valence-corrected chi connectivity index (χ3v) is 5.27. The summed E-state index contributed by atoms with van der Waals surface area (Å²) in [6.45, 7) is 0. The fraction of sp³-hybridized carbons (Fsp3) is 0. The number of pyridine rings is 1. The van der Waals surface area contributed by atoms with Gasteiger partial charge in [-0.15, -0.1) is 0 Å². The van der Waals surface area contributed by atoms with Gasteiger partial charge in [-0.25, -0.2) is 14.4 Å². The molecular weight excluding hydrogens is 432 g/mol. The van der Waals surface area contributed by atoms with Crippen molar-refractivity contribution in [3.63, 3.8) is 0 Å². The molecule has 7 nitrogen and oxygen atoms in total. The van der Waals surface area contributed by atoms with Gasteiger partial charge in [0, 0.05) is 33.4 Å². The Labute approximate surface area is 156 Å². The van der Waals surface area contributed by atoms with E-state index in [1.807, 2.05) is 0 Å².